The number of carbonyl (C=O) groups is 1. The van der Waals surface area contributed by atoms with E-state index < -0.39 is 17.6 Å². The lowest BCUT2D eigenvalue weighted by Crippen LogP contribution is -2.14. The number of carbonyl (C=O) groups excluding carboxylic acids is 1. The minimum atomic E-state index is -4.57. The number of primary amides is 1. The number of aromatic nitrogens is 3. The molecule has 0 spiro atoms. The zero-order valence-electron chi connectivity index (χ0n) is 9.12. The van der Waals surface area contributed by atoms with Crippen molar-refractivity contribution in [2.45, 2.75) is 6.18 Å². The third kappa shape index (κ3) is 2.69. The van der Waals surface area contributed by atoms with Gasteiger partial charge in [0.25, 0.3) is 5.91 Å². The molecule has 3 N–H and O–H groups in total. The molecule has 0 aliphatic carbocycles. The van der Waals surface area contributed by atoms with Crippen LogP contribution in [0.3, 0.4) is 0 Å². The fraction of sp³-hybridized carbons (Fsp3) is 0.100. The summed E-state index contributed by atoms with van der Waals surface area (Å²) in [5.41, 5.74) is 3.37. The van der Waals surface area contributed by atoms with Crippen molar-refractivity contribution in [1.82, 2.24) is 15.4 Å². The molecular weight excluding hydrogens is 376 g/mol. The molecule has 0 atom stereocenters. The van der Waals surface area contributed by atoms with Gasteiger partial charge in [-0.1, -0.05) is 6.07 Å². The molecule has 1 amide bonds. The molecule has 1 aromatic heterocycles. The van der Waals surface area contributed by atoms with Gasteiger partial charge >= 0.3 is 6.18 Å². The first-order valence-electron chi connectivity index (χ1n) is 4.88. The third-order valence-corrected chi connectivity index (χ3v) is 2.99. The molecule has 100 valence electrons. The number of benzene rings is 1. The predicted octanol–water partition coefficient (Wildman–Crippen LogP) is 2.19. The molecular formula is C10H6F3IN4O. The topological polar surface area (TPSA) is 84.7 Å². The van der Waals surface area contributed by atoms with Crippen molar-refractivity contribution < 1.29 is 18.0 Å². The van der Waals surface area contributed by atoms with Crippen LogP contribution >= 0.6 is 22.6 Å². The van der Waals surface area contributed by atoms with Crippen LogP contribution < -0.4 is 5.73 Å². The number of H-pyrrole nitrogens is 1. The van der Waals surface area contributed by atoms with Crippen molar-refractivity contribution >= 4 is 28.5 Å². The van der Waals surface area contributed by atoms with Crippen LogP contribution in [0.1, 0.15) is 16.1 Å². The maximum atomic E-state index is 13.0. The molecule has 2 rings (SSSR count). The van der Waals surface area contributed by atoms with Crippen molar-refractivity contribution in [1.29, 1.82) is 0 Å². The number of alkyl halides is 3. The first-order chi connectivity index (χ1) is 8.80. The maximum absolute atomic E-state index is 13.0. The van der Waals surface area contributed by atoms with Gasteiger partial charge in [-0.05, 0) is 34.7 Å². The highest BCUT2D eigenvalue weighted by Crippen LogP contribution is 2.37. The minimum absolute atomic E-state index is 0.212. The van der Waals surface area contributed by atoms with E-state index in [-0.39, 0.29) is 17.0 Å². The number of aromatic amines is 1. The summed E-state index contributed by atoms with van der Waals surface area (Å²) in [6.45, 7) is 0. The average Bonchev–Trinajstić information content (AvgIpc) is 2.76. The van der Waals surface area contributed by atoms with E-state index in [1.165, 1.54) is 12.1 Å². The van der Waals surface area contributed by atoms with Crippen LogP contribution in [-0.2, 0) is 6.18 Å². The number of nitrogens with one attached hydrogen (secondary N) is 1. The Morgan fingerprint density at radius 2 is 2.00 bits per heavy atom. The van der Waals surface area contributed by atoms with E-state index in [1.54, 1.807) is 22.6 Å². The molecule has 9 heteroatoms. The molecule has 1 aromatic carbocycles. The fourth-order valence-corrected chi connectivity index (χ4v) is 2.04. The van der Waals surface area contributed by atoms with E-state index in [4.69, 9.17) is 5.73 Å². The van der Waals surface area contributed by atoms with Crippen LogP contribution in [-0.4, -0.2) is 21.3 Å². The number of hydrogen-bond acceptors (Lipinski definition) is 3. The van der Waals surface area contributed by atoms with Gasteiger partial charge in [0.2, 0.25) is 0 Å². The highest BCUT2D eigenvalue weighted by molar-refractivity contribution is 14.1. The van der Waals surface area contributed by atoms with Crippen molar-refractivity contribution in [3.05, 3.63) is 33.0 Å². The van der Waals surface area contributed by atoms with Crippen molar-refractivity contribution in [2.75, 3.05) is 0 Å². The summed E-state index contributed by atoms with van der Waals surface area (Å²) in [6, 6.07) is 3.68. The standard InChI is InChI=1S/C10H6F3IN4O/c11-10(12,13)6-3-4(14)1-2-5(6)7-8(9(15)19)17-18-16-7/h1-3H,(H2,15,19)(H,16,17,18). The summed E-state index contributed by atoms with van der Waals surface area (Å²) in [5.74, 6) is -0.949. The van der Waals surface area contributed by atoms with Gasteiger partial charge in [-0.15, -0.1) is 0 Å². The largest absolute Gasteiger partial charge is 0.417 e. The summed E-state index contributed by atoms with van der Waals surface area (Å²) >= 11 is 1.77. The van der Waals surface area contributed by atoms with Crippen LogP contribution in [0, 0.1) is 3.57 Å². The number of amides is 1. The number of halogens is 4. The normalized spacial score (nSPS) is 11.6. The van der Waals surface area contributed by atoms with E-state index in [0.29, 0.717) is 3.57 Å². The Morgan fingerprint density at radius 3 is 2.58 bits per heavy atom. The average molecular weight is 382 g/mol. The Bertz CT molecular complexity index is 638. The molecule has 19 heavy (non-hydrogen) atoms. The Balaban J connectivity index is 2.69. The van der Waals surface area contributed by atoms with Crippen molar-refractivity contribution in [3.8, 4) is 11.3 Å². The Hall–Kier alpha value is -1.65. The monoisotopic (exact) mass is 382 g/mol. The highest BCUT2D eigenvalue weighted by atomic mass is 127. The van der Waals surface area contributed by atoms with Gasteiger partial charge in [-0.2, -0.15) is 28.6 Å². The fourth-order valence-electron chi connectivity index (χ4n) is 1.55. The van der Waals surface area contributed by atoms with E-state index in [1.807, 2.05) is 0 Å². The summed E-state index contributed by atoms with van der Waals surface area (Å²) < 4.78 is 39.3. The second kappa shape index (κ2) is 4.79. The van der Waals surface area contributed by atoms with Gasteiger partial charge in [0, 0.05) is 9.13 Å². The van der Waals surface area contributed by atoms with Crippen LogP contribution in [0.4, 0.5) is 13.2 Å². The lowest BCUT2D eigenvalue weighted by Gasteiger charge is -2.12. The molecule has 0 aliphatic rings. The third-order valence-electron chi connectivity index (χ3n) is 2.32. The Labute approximate surface area is 118 Å². The van der Waals surface area contributed by atoms with Crippen LogP contribution in [0.5, 0.6) is 0 Å². The zero-order valence-corrected chi connectivity index (χ0v) is 11.3. The maximum Gasteiger partial charge on any atom is 0.417 e. The lowest BCUT2D eigenvalue weighted by atomic mass is 10.0. The number of nitrogens with two attached hydrogens (primary N) is 1. The minimum Gasteiger partial charge on any atom is -0.364 e. The number of nitrogens with zero attached hydrogens (tertiary/aromatic N) is 2. The van der Waals surface area contributed by atoms with Crippen molar-refractivity contribution in [2.24, 2.45) is 5.73 Å². The predicted molar refractivity (Wildman–Crippen MR) is 68.1 cm³/mol. The molecule has 0 fully saturated rings. The molecule has 0 unspecified atom stereocenters. The second-order valence-corrected chi connectivity index (χ2v) is 4.82. The van der Waals surface area contributed by atoms with Crippen LogP contribution in [0.2, 0.25) is 0 Å². The Kier molecular flexibility index (Phi) is 3.47. The van der Waals surface area contributed by atoms with Crippen LogP contribution in [0.15, 0.2) is 18.2 Å². The van der Waals surface area contributed by atoms with Gasteiger partial charge < -0.3 is 5.73 Å². The summed E-state index contributed by atoms with van der Waals surface area (Å²) in [7, 11) is 0. The summed E-state index contributed by atoms with van der Waals surface area (Å²) in [4.78, 5) is 11.1. The first kappa shape index (κ1) is 13.8. The molecule has 5 nitrogen and oxygen atoms in total. The van der Waals surface area contributed by atoms with E-state index in [2.05, 4.69) is 15.4 Å². The number of hydrogen-bond donors (Lipinski definition) is 2. The molecule has 1 heterocycles. The van der Waals surface area contributed by atoms with Gasteiger partial charge in [-0.3, -0.25) is 4.79 Å². The molecule has 0 saturated carbocycles. The van der Waals surface area contributed by atoms with Gasteiger partial charge in [0.1, 0.15) is 5.69 Å². The van der Waals surface area contributed by atoms with E-state index in [0.717, 1.165) is 6.07 Å². The van der Waals surface area contributed by atoms with Gasteiger partial charge in [0.15, 0.2) is 5.69 Å². The van der Waals surface area contributed by atoms with Crippen LogP contribution in [0.25, 0.3) is 11.3 Å². The SMILES string of the molecule is NC(=O)c1n[nH]nc1-c1ccc(I)cc1C(F)(F)F. The van der Waals surface area contributed by atoms with E-state index in [9.17, 15) is 18.0 Å². The first-order valence-corrected chi connectivity index (χ1v) is 5.96. The highest BCUT2D eigenvalue weighted by Gasteiger charge is 2.35. The molecule has 0 radical (unpaired) electrons. The van der Waals surface area contributed by atoms with Gasteiger partial charge in [0.05, 0.1) is 5.56 Å². The molecule has 0 bridgehead atoms. The second-order valence-electron chi connectivity index (χ2n) is 3.57. The zero-order chi connectivity index (χ0) is 14.2. The Morgan fingerprint density at radius 1 is 1.32 bits per heavy atom. The van der Waals surface area contributed by atoms with Crippen molar-refractivity contribution in [3.63, 3.8) is 0 Å². The lowest BCUT2D eigenvalue weighted by molar-refractivity contribution is -0.137. The molecule has 2 aromatic rings. The quantitative estimate of drug-likeness (QED) is 0.782. The van der Waals surface area contributed by atoms with Gasteiger partial charge in [-0.25, -0.2) is 0 Å². The smallest absolute Gasteiger partial charge is 0.364 e. The number of rotatable bonds is 2. The molecule has 0 aliphatic heterocycles. The molecule has 0 saturated heterocycles. The summed E-state index contributed by atoms with van der Waals surface area (Å²) in [5, 5.41) is 9.13. The van der Waals surface area contributed by atoms with E-state index >= 15 is 0 Å². The summed E-state index contributed by atoms with van der Waals surface area (Å²) in [6.07, 6.45) is -4.57.